The van der Waals surface area contributed by atoms with Crippen molar-refractivity contribution in [2.75, 3.05) is 0 Å². The number of aliphatic carboxylic acids is 1. The minimum atomic E-state index is -1.43. The van der Waals surface area contributed by atoms with E-state index in [-0.39, 0.29) is 6.29 Å². The molecule has 0 aromatic heterocycles. The molecule has 50 valence electrons. The van der Waals surface area contributed by atoms with Gasteiger partial charge in [-0.2, -0.15) is 0 Å². The standard InChI is InChI=1S/C4H2Cl2O3/c5-3(6)2(1-7)4(8)9/h1H,(H,8,9). The van der Waals surface area contributed by atoms with E-state index in [1.165, 1.54) is 0 Å². The van der Waals surface area contributed by atoms with Gasteiger partial charge in [0.2, 0.25) is 0 Å². The monoisotopic (exact) mass is 168 g/mol. The molecule has 0 aromatic rings. The van der Waals surface area contributed by atoms with Gasteiger partial charge in [-0.25, -0.2) is 4.79 Å². The molecule has 0 radical (unpaired) electrons. The number of aldehydes is 1. The molecule has 0 rings (SSSR count). The van der Waals surface area contributed by atoms with Crippen LogP contribution in [0.15, 0.2) is 10.1 Å². The molecule has 0 heterocycles. The van der Waals surface area contributed by atoms with Gasteiger partial charge in [0.1, 0.15) is 10.1 Å². The van der Waals surface area contributed by atoms with Gasteiger partial charge in [0.05, 0.1) is 0 Å². The van der Waals surface area contributed by atoms with Crippen molar-refractivity contribution in [3.05, 3.63) is 10.1 Å². The van der Waals surface area contributed by atoms with E-state index in [2.05, 4.69) is 0 Å². The van der Waals surface area contributed by atoms with Crippen LogP contribution in [0.4, 0.5) is 0 Å². The van der Waals surface area contributed by atoms with Gasteiger partial charge in [0, 0.05) is 0 Å². The van der Waals surface area contributed by atoms with Crippen molar-refractivity contribution < 1.29 is 14.7 Å². The SMILES string of the molecule is O=CC(C(=O)O)=C(Cl)Cl. The summed E-state index contributed by atoms with van der Waals surface area (Å²) in [6.07, 6.45) is 0.0810. The Hall–Kier alpha value is -0.540. The molecule has 5 heteroatoms. The molecule has 0 atom stereocenters. The zero-order valence-electron chi connectivity index (χ0n) is 4.10. The highest BCUT2D eigenvalue weighted by Crippen LogP contribution is 2.11. The summed E-state index contributed by atoms with van der Waals surface area (Å²) in [6, 6.07) is 0. The predicted octanol–water partition coefficient (Wildman–Crippen LogP) is 0.959. The van der Waals surface area contributed by atoms with Crippen molar-refractivity contribution in [2.45, 2.75) is 0 Å². The van der Waals surface area contributed by atoms with Crippen molar-refractivity contribution >= 4 is 35.5 Å². The Morgan fingerprint density at radius 3 is 1.89 bits per heavy atom. The van der Waals surface area contributed by atoms with E-state index in [0.717, 1.165) is 0 Å². The van der Waals surface area contributed by atoms with E-state index in [9.17, 15) is 9.59 Å². The summed E-state index contributed by atoms with van der Waals surface area (Å²) in [5, 5.41) is 8.09. The van der Waals surface area contributed by atoms with Crippen LogP contribution in [0, 0.1) is 0 Å². The van der Waals surface area contributed by atoms with Gasteiger partial charge in [-0.3, -0.25) is 4.79 Å². The van der Waals surface area contributed by atoms with Crippen LogP contribution < -0.4 is 0 Å². The second kappa shape index (κ2) is 3.48. The summed E-state index contributed by atoms with van der Waals surface area (Å²) in [5.41, 5.74) is -0.627. The van der Waals surface area contributed by atoms with Crippen LogP contribution in [0.1, 0.15) is 0 Å². The Labute approximate surface area is 60.9 Å². The van der Waals surface area contributed by atoms with Crippen molar-refractivity contribution in [1.82, 2.24) is 0 Å². The van der Waals surface area contributed by atoms with Crippen LogP contribution in [0.2, 0.25) is 0 Å². The van der Waals surface area contributed by atoms with Gasteiger partial charge in [0.25, 0.3) is 0 Å². The number of carbonyl (C=O) groups excluding carboxylic acids is 1. The van der Waals surface area contributed by atoms with E-state index in [4.69, 9.17) is 28.3 Å². The lowest BCUT2D eigenvalue weighted by molar-refractivity contribution is -0.133. The van der Waals surface area contributed by atoms with Crippen molar-refractivity contribution in [3.8, 4) is 0 Å². The maximum atomic E-state index is 9.91. The zero-order chi connectivity index (χ0) is 7.44. The fourth-order valence-electron chi connectivity index (χ4n) is 0.176. The quantitative estimate of drug-likeness (QED) is 0.290. The lowest BCUT2D eigenvalue weighted by Gasteiger charge is -1.87. The summed E-state index contributed by atoms with van der Waals surface area (Å²) in [6.45, 7) is 0. The molecule has 0 aromatic carbocycles. The Kier molecular flexibility index (Phi) is 3.27. The average molecular weight is 169 g/mol. The Morgan fingerprint density at radius 2 is 1.89 bits per heavy atom. The van der Waals surface area contributed by atoms with Crippen molar-refractivity contribution in [3.63, 3.8) is 0 Å². The number of carboxylic acids is 1. The minimum absolute atomic E-state index is 0.0810. The predicted molar refractivity (Wildman–Crippen MR) is 32.4 cm³/mol. The largest absolute Gasteiger partial charge is 0.477 e. The smallest absolute Gasteiger partial charge is 0.341 e. The van der Waals surface area contributed by atoms with Crippen LogP contribution in [-0.4, -0.2) is 17.4 Å². The maximum Gasteiger partial charge on any atom is 0.341 e. The number of carbonyl (C=O) groups is 2. The lowest BCUT2D eigenvalue weighted by atomic mass is 10.3. The molecule has 0 spiro atoms. The first-order valence-electron chi connectivity index (χ1n) is 1.83. The fraction of sp³-hybridized carbons (Fsp3) is 0. The van der Waals surface area contributed by atoms with Gasteiger partial charge in [0.15, 0.2) is 6.29 Å². The average Bonchev–Trinajstić information content (AvgIpc) is 1.64. The molecule has 0 aliphatic heterocycles. The Morgan fingerprint density at radius 1 is 1.44 bits per heavy atom. The van der Waals surface area contributed by atoms with Gasteiger partial charge in [-0.15, -0.1) is 0 Å². The van der Waals surface area contributed by atoms with Crippen LogP contribution in [0.5, 0.6) is 0 Å². The Balaban J connectivity index is 4.55. The van der Waals surface area contributed by atoms with Gasteiger partial charge in [-0.05, 0) is 0 Å². The molecule has 9 heavy (non-hydrogen) atoms. The second-order valence-corrected chi connectivity index (χ2v) is 2.05. The third-order valence-electron chi connectivity index (χ3n) is 0.552. The first-order chi connectivity index (χ1) is 4.09. The summed E-state index contributed by atoms with van der Waals surface area (Å²) in [5.74, 6) is -1.43. The molecule has 0 saturated carbocycles. The molecule has 0 amide bonds. The summed E-state index contributed by atoms with van der Waals surface area (Å²) >= 11 is 9.94. The molecule has 1 N–H and O–H groups in total. The molecule has 0 bridgehead atoms. The van der Waals surface area contributed by atoms with E-state index in [1.807, 2.05) is 0 Å². The van der Waals surface area contributed by atoms with Crippen molar-refractivity contribution in [2.24, 2.45) is 0 Å². The summed E-state index contributed by atoms with van der Waals surface area (Å²) < 4.78 is -0.530. The highest BCUT2D eigenvalue weighted by Gasteiger charge is 2.09. The van der Waals surface area contributed by atoms with E-state index in [1.54, 1.807) is 0 Å². The van der Waals surface area contributed by atoms with E-state index in [0.29, 0.717) is 0 Å². The number of rotatable bonds is 2. The molecule has 3 nitrogen and oxygen atoms in total. The van der Waals surface area contributed by atoms with Crippen LogP contribution >= 0.6 is 23.2 Å². The molecule has 0 unspecified atom stereocenters. The molecule has 0 fully saturated rings. The normalized spacial score (nSPS) is 8.22. The molecular formula is C4H2Cl2O3. The molecule has 0 aliphatic carbocycles. The molecule has 0 saturated heterocycles. The third-order valence-corrected chi connectivity index (χ3v) is 0.959. The maximum absolute atomic E-state index is 9.91. The Bertz CT molecular complexity index is 169. The third kappa shape index (κ3) is 2.49. The fourth-order valence-corrected chi connectivity index (χ4v) is 0.427. The van der Waals surface area contributed by atoms with Crippen LogP contribution in [-0.2, 0) is 9.59 Å². The number of halogens is 2. The highest BCUT2D eigenvalue weighted by atomic mass is 35.5. The molecular weight excluding hydrogens is 167 g/mol. The summed E-state index contributed by atoms with van der Waals surface area (Å²) in [7, 11) is 0. The number of hydrogen-bond acceptors (Lipinski definition) is 2. The number of hydrogen-bond donors (Lipinski definition) is 1. The lowest BCUT2D eigenvalue weighted by Crippen LogP contribution is -2.01. The minimum Gasteiger partial charge on any atom is -0.477 e. The van der Waals surface area contributed by atoms with E-state index >= 15 is 0 Å². The van der Waals surface area contributed by atoms with Gasteiger partial charge < -0.3 is 5.11 Å². The van der Waals surface area contributed by atoms with Crippen molar-refractivity contribution in [1.29, 1.82) is 0 Å². The van der Waals surface area contributed by atoms with Gasteiger partial charge in [-0.1, -0.05) is 23.2 Å². The van der Waals surface area contributed by atoms with Crippen LogP contribution in [0.3, 0.4) is 0 Å². The van der Waals surface area contributed by atoms with E-state index < -0.39 is 16.0 Å². The zero-order valence-corrected chi connectivity index (χ0v) is 5.61. The highest BCUT2D eigenvalue weighted by molar-refractivity contribution is 6.58. The second-order valence-electron chi connectivity index (χ2n) is 1.10. The first kappa shape index (κ1) is 8.46. The topological polar surface area (TPSA) is 54.4 Å². The molecule has 0 aliphatic rings. The summed E-state index contributed by atoms with van der Waals surface area (Å²) in [4.78, 5) is 19.7. The first-order valence-corrected chi connectivity index (χ1v) is 2.59. The number of carboxylic acid groups (broad SMARTS) is 1. The van der Waals surface area contributed by atoms with Crippen LogP contribution in [0.25, 0.3) is 0 Å². The van der Waals surface area contributed by atoms with Gasteiger partial charge >= 0.3 is 5.97 Å².